The largest absolute Gasteiger partial charge is 0.481 e. The molecule has 2 aromatic heterocycles. The van der Waals surface area contributed by atoms with Gasteiger partial charge in [-0.15, -0.1) is 21.5 Å². The first-order chi connectivity index (χ1) is 12.5. The summed E-state index contributed by atoms with van der Waals surface area (Å²) in [5, 5.41) is 18.8. The van der Waals surface area contributed by atoms with Gasteiger partial charge in [-0.2, -0.15) is 0 Å². The van der Waals surface area contributed by atoms with E-state index in [1.165, 1.54) is 11.3 Å². The molecule has 0 bridgehead atoms. The number of aryl methyl sites for hydroxylation is 1. The van der Waals surface area contributed by atoms with Crippen molar-refractivity contribution < 1.29 is 9.90 Å². The molecule has 3 aromatic rings. The van der Waals surface area contributed by atoms with Crippen LogP contribution < -0.4 is 0 Å². The average molecular weight is 452 g/mol. The third-order valence-electron chi connectivity index (χ3n) is 4.01. The highest BCUT2D eigenvalue weighted by molar-refractivity contribution is 9.10. The number of thiophene rings is 1. The molecule has 3 heterocycles. The predicted octanol–water partition coefficient (Wildman–Crippen LogP) is 4.11. The molecule has 0 saturated heterocycles. The molecular formula is C17H12BrClN4O2S. The first-order valence-corrected chi connectivity index (χ1v) is 9.77. The maximum absolute atomic E-state index is 10.9. The van der Waals surface area contributed by atoms with Crippen LogP contribution in [0.2, 0.25) is 5.02 Å². The van der Waals surface area contributed by atoms with E-state index in [0.717, 1.165) is 26.7 Å². The number of halogens is 2. The van der Waals surface area contributed by atoms with Crippen molar-refractivity contribution in [2.45, 2.75) is 19.4 Å². The Morgan fingerprint density at radius 1 is 1.31 bits per heavy atom. The van der Waals surface area contributed by atoms with E-state index in [2.05, 4.69) is 26.1 Å². The number of benzene rings is 1. The molecule has 1 aromatic carbocycles. The number of aliphatic carboxylic acids is 1. The third kappa shape index (κ3) is 3.08. The van der Waals surface area contributed by atoms with E-state index in [9.17, 15) is 4.79 Å². The Balaban J connectivity index is 1.89. The standard InChI is InChI=1S/C17H12BrClN4O2S/c18-17-22-21-13-8-20-15(10-3-1-2-4-12(10)19)11-7-9(5-6-14(24)25)26-16(11)23(13)17/h1-4,7H,5-6,8H2,(H,24,25). The van der Waals surface area contributed by atoms with Gasteiger partial charge in [0, 0.05) is 21.0 Å². The molecule has 0 aliphatic carbocycles. The normalized spacial score (nSPS) is 12.9. The summed E-state index contributed by atoms with van der Waals surface area (Å²) in [6, 6.07) is 9.55. The van der Waals surface area contributed by atoms with Gasteiger partial charge in [-0.25, -0.2) is 0 Å². The fourth-order valence-electron chi connectivity index (χ4n) is 2.84. The zero-order chi connectivity index (χ0) is 18.3. The highest BCUT2D eigenvalue weighted by Crippen LogP contribution is 2.35. The summed E-state index contributed by atoms with van der Waals surface area (Å²) in [5.41, 5.74) is 2.52. The SMILES string of the molecule is O=C(O)CCc1cc2c(s1)-n1c(Br)nnc1CN=C2c1ccccc1Cl. The summed E-state index contributed by atoms with van der Waals surface area (Å²) >= 11 is 11.4. The first kappa shape index (κ1) is 17.4. The van der Waals surface area contributed by atoms with Crippen LogP contribution in [0.25, 0.3) is 5.00 Å². The highest BCUT2D eigenvalue weighted by Gasteiger charge is 2.25. The van der Waals surface area contributed by atoms with Gasteiger partial charge in [0.2, 0.25) is 4.73 Å². The van der Waals surface area contributed by atoms with Gasteiger partial charge in [0.25, 0.3) is 0 Å². The summed E-state index contributed by atoms with van der Waals surface area (Å²) in [6.45, 7) is 0.380. The number of nitrogens with zero attached hydrogens (tertiary/aromatic N) is 4. The van der Waals surface area contributed by atoms with Crippen LogP contribution in [-0.4, -0.2) is 31.6 Å². The van der Waals surface area contributed by atoms with Crippen molar-refractivity contribution in [2.75, 3.05) is 0 Å². The molecule has 9 heteroatoms. The van der Waals surface area contributed by atoms with Crippen LogP contribution in [0.1, 0.15) is 28.2 Å². The van der Waals surface area contributed by atoms with Crippen LogP contribution in [0.4, 0.5) is 0 Å². The number of rotatable bonds is 4. The molecule has 0 atom stereocenters. The minimum atomic E-state index is -0.820. The second-order valence-electron chi connectivity index (χ2n) is 5.69. The fourth-order valence-corrected chi connectivity index (χ4v) is 4.82. The van der Waals surface area contributed by atoms with Crippen LogP contribution in [0.5, 0.6) is 0 Å². The topological polar surface area (TPSA) is 80.4 Å². The molecule has 1 aliphatic heterocycles. The molecule has 0 saturated carbocycles. The van der Waals surface area contributed by atoms with Gasteiger partial charge in [-0.1, -0.05) is 29.8 Å². The molecule has 4 rings (SSSR count). The summed E-state index contributed by atoms with van der Waals surface area (Å²) in [5.74, 6) is -0.105. The number of fused-ring (bicyclic) bond motifs is 3. The van der Waals surface area contributed by atoms with Gasteiger partial charge in [-0.05, 0) is 34.5 Å². The Morgan fingerprint density at radius 3 is 2.88 bits per heavy atom. The summed E-state index contributed by atoms with van der Waals surface area (Å²) in [7, 11) is 0. The summed E-state index contributed by atoms with van der Waals surface area (Å²) in [6.07, 6.45) is 0.534. The van der Waals surface area contributed by atoms with Crippen molar-refractivity contribution in [1.29, 1.82) is 0 Å². The molecule has 1 N–H and O–H groups in total. The number of carbonyl (C=O) groups is 1. The first-order valence-electron chi connectivity index (χ1n) is 7.79. The molecule has 6 nitrogen and oxygen atoms in total. The van der Waals surface area contributed by atoms with Crippen LogP contribution in [0.3, 0.4) is 0 Å². The van der Waals surface area contributed by atoms with Crippen LogP contribution >= 0.6 is 38.9 Å². The van der Waals surface area contributed by atoms with E-state index in [1.54, 1.807) is 0 Å². The predicted molar refractivity (Wildman–Crippen MR) is 104 cm³/mol. The van der Waals surface area contributed by atoms with E-state index in [-0.39, 0.29) is 6.42 Å². The number of carboxylic acid groups (broad SMARTS) is 1. The van der Waals surface area contributed by atoms with Crippen molar-refractivity contribution in [3.63, 3.8) is 0 Å². The number of hydrogen-bond acceptors (Lipinski definition) is 5. The average Bonchev–Trinajstić information content (AvgIpc) is 3.14. The minimum Gasteiger partial charge on any atom is -0.481 e. The van der Waals surface area contributed by atoms with Gasteiger partial charge in [0.05, 0.1) is 12.1 Å². The number of aliphatic imine (C=N–C) groups is 1. The van der Waals surface area contributed by atoms with Gasteiger partial charge in [0.1, 0.15) is 11.5 Å². The minimum absolute atomic E-state index is 0.0775. The zero-order valence-corrected chi connectivity index (χ0v) is 16.5. The lowest BCUT2D eigenvalue weighted by atomic mass is 10.0. The van der Waals surface area contributed by atoms with Crippen molar-refractivity contribution in [3.05, 3.63) is 61.9 Å². The monoisotopic (exact) mass is 450 g/mol. The molecule has 0 spiro atoms. The van der Waals surface area contributed by atoms with Crippen molar-refractivity contribution >= 4 is 50.5 Å². The molecule has 0 fully saturated rings. The smallest absolute Gasteiger partial charge is 0.303 e. The maximum Gasteiger partial charge on any atom is 0.303 e. The molecule has 1 aliphatic rings. The second-order valence-corrected chi connectivity index (χ2v) is 7.92. The molecule has 26 heavy (non-hydrogen) atoms. The Bertz CT molecular complexity index is 1040. The Kier molecular flexibility index (Phi) is 4.64. The molecule has 0 amide bonds. The third-order valence-corrected chi connectivity index (χ3v) is 6.03. The lowest BCUT2D eigenvalue weighted by Gasteiger charge is -2.08. The van der Waals surface area contributed by atoms with Crippen molar-refractivity contribution in [1.82, 2.24) is 14.8 Å². The summed E-state index contributed by atoms with van der Waals surface area (Å²) < 4.78 is 2.51. The van der Waals surface area contributed by atoms with Gasteiger partial charge in [-0.3, -0.25) is 14.4 Å². The van der Waals surface area contributed by atoms with Crippen molar-refractivity contribution in [2.24, 2.45) is 4.99 Å². The van der Waals surface area contributed by atoms with Crippen molar-refractivity contribution in [3.8, 4) is 5.00 Å². The van der Waals surface area contributed by atoms with Gasteiger partial charge in [0.15, 0.2) is 5.82 Å². The van der Waals surface area contributed by atoms with E-state index >= 15 is 0 Å². The Hall–Kier alpha value is -2.03. The maximum atomic E-state index is 10.9. The highest BCUT2D eigenvalue weighted by atomic mass is 79.9. The van der Waals surface area contributed by atoms with Gasteiger partial charge >= 0.3 is 5.97 Å². The molecule has 132 valence electrons. The number of carboxylic acids is 1. The summed E-state index contributed by atoms with van der Waals surface area (Å²) in [4.78, 5) is 16.6. The molecular weight excluding hydrogens is 440 g/mol. The lowest BCUT2D eigenvalue weighted by molar-refractivity contribution is -0.136. The van der Waals surface area contributed by atoms with E-state index in [4.69, 9.17) is 21.7 Å². The van der Waals surface area contributed by atoms with E-state index < -0.39 is 5.97 Å². The quantitative estimate of drug-likeness (QED) is 0.647. The molecule has 0 radical (unpaired) electrons. The van der Waals surface area contributed by atoms with Crippen LogP contribution in [0.15, 0.2) is 40.1 Å². The van der Waals surface area contributed by atoms with E-state index in [1.807, 2.05) is 34.9 Å². The van der Waals surface area contributed by atoms with E-state index in [0.29, 0.717) is 28.5 Å². The second kappa shape index (κ2) is 6.94. The van der Waals surface area contributed by atoms with Crippen LogP contribution in [-0.2, 0) is 17.8 Å². The lowest BCUT2D eigenvalue weighted by Crippen LogP contribution is -2.05. The van der Waals surface area contributed by atoms with Crippen LogP contribution in [0, 0.1) is 0 Å². The molecule has 0 unspecified atom stereocenters. The number of aromatic nitrogens is 3. The fraction of sp³-hybridized carbons (Fsp3) is 0.176. The Labute approximate surface area is 166 Å². The van der Waals surface area contributed by atoms with Gasteiger partial charge < -0.3 is 5.11 Å². The Morgan fingerprint density at radius 2 is 2.12 bits per heavy atom. The number of hydrogen-bond donors (Lipinski definition) is 1. The zero-order valence-electron chi connectivity index (χ0n) is 13.3.